The number of nitrogens with zero attached hydrogens (tertiary/aromatic N) is 2. The van der Waals surface area contributed by atoms with E-state index in [9.17, 15) is 0 Å². The highest BCUT2D eigenvalue weighted by Gasteiger charge is 2.24. The molecule has 2 N–H and O–H groups in total. The minimum Gasteiger partial charge on any atom is -0.334 e. The highest BCUT2D eigenvalue weighted by molar-refractivity contribution is 5.22. The van der Waals surface area contributed by atoms with Gasteiger partial charge >= 0.3 is 0 Å². The highest BCUT2D eigenvalue weighted by atomic mass is 15.1. The lowest BCUT2D eigenvalue weighted by Gasteiger charge is -2.22. The van der Waals surface area contributed by atoms with Gasteiger partial charge in [0.2, 0.25) is 0 Å². The summed E-state index contributed by atoms with van der Waals surface area (Å²) >= 11 is 0. The molecule has 88 valence electrons. The van der Waals surface area contributed by atoms with Crippen LogP contribution >= 0.6 is 0 Å². The number of rotatable bonds is 1. The van der Waals surface area contributed by atoms with Crippen molar-refractivity contribution in [3.63, 3.8) is 0 Å². The van der Waals surface area contributed by atoms with Gasteiger partial charge in [0.05, 0.1) is 5.69 Å². The first-order valence-electron chi connectivity index (χ1n) is 6.32. The summed E-state index contributed by atoms with van der Waals surface area (Å²) in [6.07, 6.45) is 3.68. The Kier molecular flexibility index (Phi) is 2.69. The van der Waals surface area contributed by atoms with Gasteiger partial charge < -0.3 is 15.2 Å². The molecular formula is C12H20N4. The molecule has 1 saturated heterocycles. The van der Waals surface area contributed by atoms with Crippen LogP contribution in [0.4, 0.5) is 0 Å². The fourth-order valence-corrected chi connectivity index (χ4v) is 2.91. The summed E-state index contributed by atoms with van der Waals surface area (Å²) in [6.45, 7) is 4.30. The van der Waals surface area contributed by atoms with Crippen LogP contribution in [-0.2, 0) is 20.0 Å². The second-order valence-corrected chi connectivity index (χ2v) is 4.89. The SMILES string of the molecule is Cn1c(C2CCCNC2)nc2c1CCNC2. The average Bonchev–Trinajstić information content (AvgIpc) is 2.69. The number of piperidine rings is 1. The number of imidazole rings is 1. The van der Waals surface area contributed by atoms with Gasteiger partial charge in [-0.2, -0.15) is 0 Å². The lowest BCUT2D eigenvalue weighted by atomic mass is 9.99. The summed E-state index contributed by atoms with van der Waals surface area (Å²) in [4.78, 5) is 4.83. The van der Waals surface area contributed by atoms with Crippen molar-refractivity contribution < 1.29 is 0 Å². The number of nitrogens with one attached hydrogen (secondary N) is 2. The summed E-state index contributed by atoms with van der Waals surface area (Å²) in [5.41, 5.74) is 2.72. The minimum absolute atomic E-state index is 0.615. The van der Waals surface area contributed by atoms with Crippen molar-refractivity contribution in [1.29, 1.82) is 0 Å². The minimum atomic E-state index is 0.615. The predicted molar refractivity (Wildman–Crippen MR) is 63.5 cm³/mol. The van der Waals surface area contributed by atoms with E-state index in [2.05, 4.69) is 22.2 Å². The fourth-order valence-electron chi connectivity index (χ4n) is 2.91. The van der Waals surface area contributed by atoms with Crippen molar-refractivity contribution in [2.24, 2.45) is 7.05 Å². The van der Waals surface area contributed by atoms with Crippen LogP contribution < -0.4 is 10.6 Å². The van der Waals surface area contributed by atoms with E-state index < -0.39 is 0 Å². The molecule has 3 heterocycles. The van der Waals surface area contributed by atoms with E-state index in [-0.39, 0.29) is 0 Å². The molecule has 1 atom stereocenters. The van der Waals surface area contributed by atoms with Gasteiger partial charge in [-0.1, -0.05) is 0 Å². The van der Waals surface area contributed by atoms with Crippen LogP contribution in [0.5, 0.6) is 0 Å². The molecule has 16 heavy (non-hydrogen) atoms. The molecule has 2 aliphatic rings. The Balaban J connectivity index is 1.91. The second-order valence-electron chi connectivity index (χ2n) is 4.89. The zero-order chi connectivity index (χ0) is 11.0. The summed E-state index contributed by atoms with van der Waals surface area (Å²) in [5, 5.41) is 6.86. The lowest BCUT2D eigenvalue weighted by Crippen LogP contribution is -2.30. The molecule has 4 nitrogen and oxygen atoms in total. The lowest BCUT2D eigenvalue weighted by molar-refractivity contribution is 0.438. The monoisotopic (exact) mass is 220 g/mol. The van der Waals surface area contributed by atoms with E-state index in [0.717, 1.165) is 26.1 Å². The molecule has 4 heteroatoms. The normalized spacial score (nSPS) is 25.4. The van der Waals surface area contributed by atoms with E-state index >= 15 is 0 Å². The molecule has 0 radical (unpaired) electrons. The van der Waals surface area contributed by atoms with Gasteiger partial charge in [0.25, 0.3) is 0 Å². The number of aromatic nitrogens is 2. The molecule has 1 unspecified atom stereocenters. The Bertz CT molecular complexity index is 377. The van der Waals surface area contributed by atoms with E-state index in [1.807, 2.05) is 0 Å². The van der Waals surface area contributed by atoms with Crippen molar-refractivity contribution in [2.45, 2.75) is 31.7 Å². The van der Waals surface area contributed by atoms with Crippen LogP contribution in [0.25, 0.3) is 0 Å². The third-order valence-electron chi connectivity index (χ3n) is 3.82. The van der Waals surface area contributed by atoms with Gasteiger partial charge in [0.1, 0.15) is 5.82 Å². The van der Waals surface area contributed by atoms with E-state index in [4.69, 9.17) is 4.98 Å². The van der Waals surface area contributed by atoms with Gasteiger partial charge in [-0.25, -0.2) is 4.98 Å². The number of hydrogen-bond acceptors (Lipinski definition) is 3. The van der Waals surface area contributed by atoms with Gasteiger partial charge in [-0.15, -0.1) is 0 Å². The smallest absolute Gasteiger partial charge is 0.113 e. The number of fused-ring (bicyclic) bond motifs is 1. The Morgan fingerprint density at radius 3 is 3.00 bits per heavy atom. The first kappa shape index (κ1) is 10.3. The Morgan fingerprint density at radius 2 is 2.25 bits per heavy atom. The van der Waals surface area contributed by atoms with Crippen molar-refractivity contribution >= 4 is 0 Å². The third-order valence-corrected chi connectivity index (χ3v) is 3.82. The van der Waals surface area contributed by atoms with Crippen LogP contribution in [0.3, 0.4) is 0 Å². The van der Waals surface area contributed by atoms with Gasteiger partial charge in [0.15, 0.2) is 0 Å². The second kappa shape index (κ2) is 4.18. The van der Waals surface area contributed by atoms with E-state index in [0.29, 0.717) is 5.92 Å². The molecule has 1 aromatic rings. The van der Waals surface area contributed by atoms with Gasteiger partial charge in [-0.05, 0) is 19.4 Å². The van der Waals surface area contributed by atoms with E-state index in [1.54, 1.807) is 0 Å². The number of hydrogen-bond donors (Lipinski definition) is 2. The van der Waals surface area contributed by atoms with Gasteiger partial charge in [0, 0.05) is 44.7 Å². The highest BCUT2D eigenvalue weighted by Crippen LogP contribution is 2.25. The van der Waals surface area contributed by atoms with E-state index in [1.165, 1.54) is 36.6 Å². The van der Waals surface area contributed by atoms with Crippen molar-refractivity contribution in [1.82, 2.24) is 20.2 Å². The molecule has 0 bridgehead atoms. The molecule has 0 amide bonds. The maximum absolute atomic E-state index is 4.83. The molecule has 3 rings (SSSR count). The summed E-state index contributed by atoms with van der Waals surface area (Å²) in [7, 11) is 2.18. The standard InChI is InChI=1S/C12H20N4/c1-16-11-4-6-14-8-10(11)15-12(16)9-3-2-5-13-7-9/h9,13-14H,2-8H2,1H3. The molecule has 0 spiro atoms. The zero-order valence-electron chi connectivity index (χ0n) is 9.92. The maximum Gasteiger partial charge on any atom is 0.113 e. The van der Waals surface area contributed by atoms with Crippen molar-refractivity contribution in [2.75, 3.05) is 19.6 Å². The molecule has 2 aliphatic heterocycles. The molecule has 0 saturated carbocycles. The summed E-state index contributed by atoms with van der Waals surface area (Å²) < 4.78 is 2.34. The van der Waals surface area contributed by atoms with Crippen molar-refractivity contribution in [3.8, 4) is 0 Å². The van der Waals surface area contributed by atoms with Crippen LogP contribution in [0.1, 0.15) is 36.0 Å². The molecule has 0 aliphatic carbocycles. The Hall–Kier alpha value is -0.870. The molecule has 1 aromatic heterocycles. The topological polar surface area (TPSA) is 41.9 Å². The van der Waals surface area contributed by atoms with Crippen LogP contribution in [-0.4, -0.2) is 29.2 Å². The van der Waals surface area contributed by atoms with Crippen molar-refractivity contribution in [3.05, 3.63) is 17.2 Å². The summed E-state index contributed by atoms with van der Waals surface area (Å²) in [5.74, 6) is 1.91. The zero-order valence-corrected chi connectivity index (χ0v) is 9.92. The Labute approximate surface area is 96.4 Å². The third kappa shape index (κ3) is 1.66. The molecule has 1 fully saturated rings. The van der Waals surface area contributed by atoms with Crippen LogP contribution in [0.15, 0.2) is 0 Å². The molecular weight excluding hydrogens is 200 g/mol. The first-order valence-corrected chi connectivity index (χ1v) is 6.32. The largest absolute Gasteiger partial charge is 0.334 e. The van der Waals surface area contributed by atoms with Crippen LogP contribution in [0, 0.1) is 0 Å². The average molecular weight is 220 g/mol. The van der Waals surface area contributed by atoms with Gasteiger partial charge in [-0.3, -0.25) is 0 Å². The Morgan fingerprint density at radius 1 is 1.31 bits per heavy atom. The quantitative estimate of drug-likeness (QED) is 0.725. The van der Waals surface area contributed by atoms with Crippen LogP contribution in [0.2, 0.25) is 0 Å². The summed E-state index contributed by atoms with van der Waals surface area (Å²) in [6, 6.07) is 0. The fraction of sp³-hybridized carbons (Fsp3) is 0.750. The maximum atomic E-state index is 4.83. The molecule has 0 aromatic carbocycles. The predicted octanol–water partition coefficient (Wildman–Crippen LogP) is 0.533. The first-order chi connectivity index (χ1) is 7.86.